The number of methoxy groups -OCH3 is 1. The first-order valence-corrected chi connectivity index (χ1v) is 9.02. The van der Waals surface area contributed by atoms with Gasteiger partial charge in [-0.25, -0.2) is 18.4 Å². The Morgan fingerprint density at radius 1 is 1.29 bits per heavy atom. The summed E-state index contributed by atoms with van der Waals surface area (Å²) in [5.74, 6) is -2.08. The Balaban J connectivity index is 2.32. The Labute approximate surface area is 163 Å². The standard InChI is InChI=1S/C17H19F2N3O5S/c1-5-27-17(25)13-9(3)12(16(24)26-4)15(28-13)20-11(23)7-22-10(14(18)19)6-8(2)21-22/h6,14H,5,7H2,1-4H3,(H,20,23). The number of nitrogens with one attached hydrogen (secondary N) is 1. The Bertz CT molecular complexity index is 907. The minimum Gasteiger partial charge on any atom is -0.465 e. The van der Waals surface area contributed by atoms with Crippen LogP contribution in [-0.4, -0.2) is 41.3 Å². The summed E-state index contributed by atoms with van der Waals surface area (Å²) in [5.41, 5.74) is 0.258. The van der Waals surface area contributed by atoms with Gasteiger partial charge in [0.2, 0.25) is 5.91 Å². The quantitative estimate of drug-likeness (QED) is 0.698. The molecule has 0 aliphatic rings. The molecule has 0 saturated heterocycles. The molecule has 2 aromatic rings. The fraction of sp³-hybridized carbons (Fsp3) is 0.412. The third-order valence-corrected chi connectivity index (χ3v) is 4.89. The third-order valence-electron chi connectivity index (χ3n) is 3.70. The zero-order valence-electron chi connectivity index (χ0n) is 15.7. The molecule has 1 amide bonds. The van der Waals surface area contributed by atoms with E-state index in [2.05, 4.69) is 10.4 Å². The molecule has 0 atom stereocenters. The van der Waals surface area contributed by atoms with Gasteiger partial charge in [0, 0.05) is 0 Å². The van der Waals surface area contributed by atoms with Gasteiger partial charge in [-0.3, -0.25) is 9.48 Å². The van der Waals surface area contributed by atoms with Crippen molar-refractivity contribution < 1.29 is 32.6 Å². The predicted molar refractivity (Wildman–Crippen MR) is 96.9 cm³/mol. The number of amides is 1. The van der Waals surface area contributed by atoms with Gasteiger partial charge in [0.25, 0.3) is 6.43 Å². The van der Waals surface area contributed by atoms with Crippen LogP contribution in [0.25, 0.3) is 0 Å². The Kier molecular flexibility index (Phi) is 6.84. The highest BCUT2D eigenvalue weighted by molar-refractivity contribution is 7.18. The largest absolute Gasteiger partial charge is 0.465 e. The molecule has 0 fully saturated rings. The van der Waals surface area contributed by atoms with Crippen LogP contribution in [0.4, 0.5) is 13.8 Å². The molecule has 0 spiro atoms. The van der Waals surface area contributed by atoms with E-state index < -0.39 is 36.5 Å². The van der Waals surface area contributed by atoms with Crippen molar-refractivity contribution in [3.8, 4) is 0 Å². The molecule has 8 nitrogen and oxygen atoms in total. The van der Waals surface area contributed by atoms with E-state index in [4.69, 9.17) is 9.47 Å². The minimum atomic E-state index is -2.79. The lowest BCUT2D eigenvalue weighted by Crippen LogP contribution is -2.21. The summed E-state index contributed by atoms with van der Waals surface area (Å²) in [6.45, 7) is 4.35. The number of carbonyl (C=O) groups is 3. The van der Waals surface area contributed by atoms with Gasteiger partial charge in [-0.2, -0.15) is 5.10 Å². The number of anilines is 1. The maximum atomic E-state index is 13.0. The lowest BCUT2D eigenvalue weighted by Gasteiger charge is -2.08. The molecule has 28 heavy (non-hydrogen) atoms. The van der Waals surface area contributed by atoms with Crippen LogP contribution in [0.2, 0.25) is 0 Å². The first-order valence-electron chi connectivity index (χ1n) is 8.20. The van der Waals surface area contributed by atoms with Crippen molar-refractivity contribution in [3.05, 3.63) is 33.5 Å². The van der Waals surface area contributed by atoms with Crippen molar-refractivity contribution in [1.82, 2.24) is 9.78 Å². The van der Waals surface area contributed by atoms with Crippen molar-refractivity contribution in [2.24, 2.45) is 0 Å². The zero-order chi connectivity index (χ0) is 21.0. The lowest BCUT2D eigenvalue weighted by atomic mass is 10.1. The van der Waals surface area contributed by atoms with E-state index >= 15 is 0 Å². The number of thiophene rings is 1. The minimum absolute atomic E-state index is 0.00892. The van der Waals surface area contributed by atoms with E-state index in [9.17, 15) is 23.2 Å². The number of hydrogen-bond acceptors (Lipinski definition) is 7. The average Bonchev–Trinajstić information content (AvgIpc) is 3.14. The number of hydrogen-bond donors (Lipinski definition) is 1. The number of ether oxygens (including phenoxy) is 2. The van der Waals surface area contributed by atoms with Crippen LogP contribution >= 0.6 is 11.3 Å². The molecule has 152 valence electrons. The highest BCUT2D eigenvalue weighted by Crippen LogP contribution is 2.34. The van der Waals surface area contributed by atoms with Crippen LogP contribution in [0.3, 0.4) is 0 Å². The summed E-state index contributed by atoms with van der Waals surface area (Å²) in [5, 5.41) is 6.42. The van der Waals surface area contributed by atoms with E-state index in [0.717, 1.165) is 23.1 Å². The van der Waals surface area contributed by atoms with E-state index in [1.54, 1.807) is 6.92 Å². The number of aromatic nitrogens is 2. The molecule has 2 aromatic heterocycles. The van der Waals surface area contributed by atoms with E-state index in [0.29, 0.717) is 11.3 Å². The Morgan fingerprint density at radius 2 is 1.96 bits per heavy atom. The molecular weight excluding hydrogens is 396 g/mol. The molecule has 0 aliphatic carbocycles. The second-order valence-electron chi connectivity index (χ2n) is 5.69. The third kappa shape index (κ3) is 4.53. The van der Waals surface area contributed by atoms with Gasteiger partial charge >= 0.3 is 11.9 Å². The van der Waals surface area contributed by atoms with E-state index in [-0.39, 0.29) is 22.0 Å². The number of nitrogens with zero attached hydrogens (tertiary/aromatic N) is 2. The van der Waals surface area contributed by atoms with Crippen LogP contribution in [0.5, 0.6) is 0 Å². The van der Waals surface area contributed by atoms with E-state index in [1.807, 2.05) is 0 Å². The molecule has 2 heterocycles. The second kappa shape index (κ2) is 8.91. The molecular formula is C17H19F2N3O5S. The van der Waals surface area contributed by atoms with E-state index in [1.165, 1.54) is 19.9 Å². The van der Waals surface area contributed by atoms with Gasteiger partial charge in [-0.15, -0.1) is 11.3 Å². The number of esters is 2. The molecule has 0 aromatic carbocycles. The number of aryl methyl sites for hydroxylation is 1. The number of halogens is 2. The fourth-order valence-corrected chi connectivity index (χ4v) is 3.62. The van der Waals surface area contributed by atoms with Crippen molar-refractivity contribution in [1.29, 1.82) is 0 Å². The molecule has 0 saturated carbocycles. The van der Waals surface area contributed by atoms with Crippen LogP contribution in [0.15, 0.2) is 6.07 Å². The van der Waals surface area contributed by atoms with Gasteiger partial charge in [-0.05, 0) is 32.4 Å². The Morgan fingerprint density at radius 3 is 2.54 bits per heavy atom. The van der Waals surface area contributed by atoms with Gasteiger partial charge < -0.3 is 14.8 Å². The molecule has 1 N–H and O–H groups in total. The van der Waals surface area contributed by atoms with Gasteiger partial charge in [0.15, 0.2) is 0 Å². The first kappa shape index (κ1) is 21.5. The fourth-order valence-electron chi connectivity index (χ4n) is 2.51. The monoisotopic (exact) mass is 415 g/mol. The van der Waals surface area contributed by atoms with Crippen molar-refractivity contribution in [2.75, 3.05) is 19.0 Å². The number of rotatable bonds is 7. The van der Waals surface area contributed by atoms with Gasteiger partial charge in [-0.1, -0.05) is 0 Å². The molecule has 11 heteroatoms. The predicted octanol–water partition coefficient (Wildman–Crippen LogP) is 3.10. The van der Waals surface area contributed by atoms with Gasteiger partial charge in [0.05, 0.1) is 25.0 Å². The zero-order valence-corrected chi connectivity index (χ0v) is 16.5. The lowest BCUT2D eigenvalue weighted by molar-refractivity contribution is -0.117. The SMILES string of the molecule is CCOC(=O)c1sc(NC(=O)Cn2nc(C)cc2C(F)F)c(C(=O)OC)c1C. The molecule has 0 radical (unpaired) electrons. The van der Waals surface area contributed by atoms with Crippen LogP contribution in [0, 0.1) is 13.8 Å². The molecule has 2 rings (SSSR count). The van der Waals surface area contributed by atoms with Crippen molar-refractivity contribution in [3.63, 3.8) is 0 Å². The maximum Gasteiger partial charge on any atom is 0.348 e. The topological polar surface area (TPSA) is 99.5 Å². The number of carbonyl (C=O) groups excluding carboxylic acids is 3. The summed E-state index contributed by atoms with van der Waals surface area (Å²) in [6, 6.07) is 1.19. The summed E-state index contributed by atoms with van der Waals surface area (Å²) >= 11 is 0.847. The van der Waals surface area contributed by atoms with Crippen molar-refractivity contribution in [2.45, 2.75) is 33.7 Å². The Hall–Kier alpha value is -2.82. The molecule has 0 unspecified atom stereocenters. The van der Waals surface area contributed by atoms with Crippen molar-refractivity contribution >= 4 is 34.2 Å². The smallest absolute Gasteiger partial charge is 0.348 e. The maximum absolute atomic E-state index is 13.0. The van der Waals surface area contributed by atoms with Crippen LogP contribution < -0.4 is 5.32 Å². The second-order valence-corrected chi connectivity index (χ2v) is 6.71. The summed E-state index contributed by atoms with van der Waals surface area (Å²) in [6.07, 6.45) is -2.79. The van der Waals surface area contributed by atoms with Crippen LogP contribution in [-0.2, 0) is 20.8 Å². The summed E-state index contributed by atoms with van der Waals surface area (Å²) < 4.78 is 36.6. The molecule has 0 aliphatic heterocycles. The first-order chi connectivity index (χ1) is 13.2. The van der Waals surface area contributed by atoms with Gasteiger partial charge in [0.1, 0.15) is 22.1 Å². The normalized spacial score (nSPS) is 10.8. The average molecular weight is 415 g/mol. The summed E-state index contributed by atoms with van der Waals surface area (Å²) in [7, 11) is 1.16. The highest BCUT2D eigenvalue weighted by atomic mass is 32.1. The molecule has 0 bridgehead atoms. The highest BCUT2D eigenvalue weighted by Gasteiger charge is 2.27. The van der Waals surface area contributed by atoms with Crippen LogP contribution in [0.1, 0.15) is 50.3 Å². The summed E-state index contributed by atoms with van der Waals surface area (Å²) in [4.78, 5) is 36.7. The number of alkyl halides is 2.